The molecule has 2 atom stereocenters. The van der Waals surface area contributed by atoms with E-state index in [0.29, 0.717) is 19.0 Å². The Morgan fingerprint density at radius 2 is 2.00 bits per heavy atom. The van der Waals surface area contributed by atoms with E-state index in [1.54, 1.807) is 6.92 Å². The van der Waals surface area contributed by atoms with Crippen molar-refractivity contribution in [1.82, 2.24) is 4.31 Å². The molecule has 1 rings (SSSR count). The number of nitrogens with zero attached hydrogens (tertiary/aromatic N) is 1. The van der Waals surface area contributed by atoms with Crippen LogP contribution >= 0.6 is 0 Å². The quantitative estimate of drug-likeness (QED) is 0.814. The average Bonchev–Trinajstić information content (AvgIpc) is 2.64. The van der Waals surface area contributed by atoms with Crippen LogP contribution in [0.5, 0.6) is 0 Å². The average molecular weight is 249 g/mol. The SMILES string of the molecule is CC(CO)S(=O)(=O)N1CCC(C(C)(C)C)C1. The summed E-state index contributed by atoms with van der Waals surface area (Å²) < 4.78 is 25.5. The van der Waals surface area contributed by atoms with Crippen molar-refractivity contribution in [1.29, 1.82) is 0 Å². The molecular weight excluding hydrogens is 226 g/mol. The van der Waals surface area contributed by atoms with Gasteiger partial charge in [-0.05, 0) is 24.7 Å². The molecule has 0 saturated carbocycles. The maximum absolute atomic E-state index is 12.0. The molecule has 2 unspecified atom stereocenters. The van der Waals surface area contributed by atoms with Crippen LogP contribution in [0.15, 0.2) is 0 Å². The van der Waals surface area contributed by atoms with Gasteiger partial charge in [0.15, 0.2) is 0 Å². The highest BCUT2D eigenvalue weighted by molar-refractivity contribution is 7.89. The topological polar surface area (TPSA) is 57.6 Å². The zero-order valence-electron chi connectivity index (χ0n) is 10.6. The van der Waals surface area contributed by atoms with Crippen LogP contribution in [0.3, 0.4) is 0 Å². The Balaban J connectivity index is 2.74. The minimum absolute atomic E-state index is 0.146. The Kier molecular flexibility index (Phi) is 4.03. The first-order valence-corrected chi connectivity index (χ1v) is 7.29. The van der Waals surface area contributed by atoms with Crippen LogP contribution in [0.25, 0.3) is 0 Å². The van der Waals surface area contributed by atoms with Crippen molar-refractivity contribution in [2.24, 2.45) is 11.3 Å². The van der Waals surface area contributed by atoms with Gasteiger partial charge in [0.2, 0.25) is 10.0 Å². The molecule has 0 aromatic rings. The molecule has 1 fully saturated rings. The molecule has 4 nitrogen and oxygen atoms in total. The minimum atomic E-state index is -3.30. The Morgan fingerprint density at radius 1 is 1.44 bits per heavy atom. The Bertz CT molecular complexity index is 332. The Labute approximate surface area is 98.7 Å². The highest BCUT2D eigenvalue weighted by atomic mass is 32.2. The molecule has 0 radical (unpaired) electrons. The Morgan fingerprint density at radius 3 is 2.38 bits per heavy atom. The summed E-state index contributed by atoms with van der Waals surface area (Å²) in [5.74, 6) is 0.410. The lowest BCUT2D eigenvalue weighted by Gasteiger charge is -2.27. The molecule has 96 valence electrons. The number of rotatable bonds is 3. The fraction of sp³-hybridized carbons (Fsp3) is 1.00. The lowest BCUT2D eigenvalue weighted by atomic mass is 9.80. The van der Waals surface area contributed by atoms with Crippen molar-refractivity contribution in [3.05, 3.63) is 0 Å². The van der Waals surface area contributed by atoms with Crippen molar-refractivity contribution in [2.75, 3.05) is 19.7 Å². The smallest absolute Gasteiger partial charge is 0.218 e. The molecule has 0 aromatic heterocycles. The number of aliphatic hydroxyl groups is 1. The molecule has 1 aliphatic rings. The molecule has 16 heavy (non-hydrogen) atoms. The number of aliphatic hydroxyl groups excluding tert-OH is 1. The van der Waals surface area contributed by atoms with Gasteiger partial charge < -0.3 is 5.11 Å². The lowest BCUT2D eigenvalue weighted by molar-refractivity contribution is 0.250. The third kappa shape index (κ3) is 2.76. The van der Waals surface area contributed by atoms with Crippen molar-refractivity contribution < 1.29 is 13.5 Å². The fourth-order valence-corrected chi connectivity index (χ4v) is 3.46. The maximum Gasteiger partial charge on any atom is 0.218 e. The number of hydrogen-bond donors (Lipinski definition) is 1. The van der Waals surface area contributed by atoms with Crippen LogP contribution in [-0.4, -0.2) is 42.8 Å². The highest BCUT2D eigenvalue weighted by Gasteiger charge is 2.38. The fourth-order valence-electron chi connectivity index (χ4n) is 2.01. The van der Waals surface area contributed by atoms with Crippen LogP contribution in [0.4, 0.5) is 0 Å². The van der Waals surface area contributed by atoms with E-state index in [1.807, 2.05) is 0 Å². The monoisotopic (exact) mass is 249 g/mol. The first kappa shape index (κ1) is 13.9. The molecule has 1 N–H and O–H groups in total. The minimum Gasteiger partial charge on any atom is -0.395 e. The Hall–Kier alpha value is -0.130. The third-order valence-corrected chi connectivity index (χ3v) is 5.72. The van der Waals surface area contributed by atoms with Gasteiger partial charge >= 0.3 is 0 Å². The zero-order valence-corrected chi connectivity index (χ0v) is 11.4. The molecule has 0 aliphatic carbocycles. The van der Waals surface area contributed by atoms with Gasteiger partial charge in [0.05, 0.1) is 11.9 Å². The maximum atomic E-state index is 12.0. The van der Waals surface area contributed by atoms with Crippen molar-refractivity contribution in [2.45, 2.75) is 39.4 Å². The molecule has 0 spiro atoms. The number of sulfonamides is 1. The normalized spacial score (nSPS) is 25.9. The summed E-state index contributed by atoms with van der Waals surface area (Å²) in [6.45, 7) is 8.86. The molecular formula is C11H23NO3S. The summed E-state index contributed by atoms with van der Waals surface area (Å²) >= 11 is 0. The summed E-state index contributed by atoms with van der Waals surface area (Å²) in [6, 6.07) is 0. The van der Waals surface area contributed by atoms with Crippen molar-refractivity contribution in [3.8, 4) is 0 Å². The van der Waals surface area contributed by atoms with Crippen LogP contribution in [-0.2, 0) is 10.0 Å². The standard InChI is InChI=1S/C11H23NO3S/c1-9(8-13)16(14,15)12-6-5-10(7-12)11(2,3)4/h9-10,13H,5-8H2,1-4H3. The summed E-state index contributed by atoms with van der Waals surface area (Å²) in [6.07, 6.45) is 0.918. The third-order valence-electron chi connectivity index (χ3n) is 3.50. The van der Waals surface area contributed by atoms with Gasteiger partial charge in [-0.3, -0.25) is 0 Å². The van der Waals surface area contributed by atoms with Crippen LogP contribution < -0.4 is 0 Å². The van der Waals surface area contributed by atoms with Gasteiger partial charge in [0, 0.05) is 13.1 Å². The van der Waals surface area contributed by atoms with E-state index in [2.05, 4.69) is 20.8 Å². The van der Waals surface area contributed by atoms with Gasteiger partial charge in [-0.2, -0.15) is 0 Å². The van der Waals surface area contributed by atoms with E-state index in [0.717, 1.165) is 6.42 Å². The van der Waals surface area contributed by atoms with Gasteiger partial charge in [0.1, 0.15) is 0 Å². The summed E-state index contributed by atoms with van der Waals surface area (Å²) in [5, 5.41) is 8.26. The van der Waals surface area contributed by atoms with Gasteiger partial charge in [-0.1, -0.05) is 20.8 Å². The second kappa shape index (κ2) is 4.63. The summed E-state index contributed by atoms with van der Waals surface area (Å²) in [7, 11) is -3.30. The first-order valence-electron chi connectivity index (χ1n) is 5.79. The van der Waals surface area contributed by atoms with Crippen LogP contribution in [0.2, 0.25) is 0 Å². The van der Waals surface area contributed by atoms with E-state index in [-0.39, 0.29) is 12.0 Å². The van der Waals surface area contributed by atoms with Gasteiger partial charge in [-0.15, -0.1) is 0 Å². The molecule has 1 aliphatic heterocycles. The molecule has 0 aromatic carbocycles. The highest BCUT2D eigenvalue weighted by Crippen LogP contribution is 2.35. The van der Waals surface area contributed by atoms with E-state index in [9.17, 15) is 8.42 Å². The van der Waals surface area contributed by atoms with E-state index >= 15 is 0 Å². The van der Waals surface area contributed by atoms with Crippen LogP contribution in [0, 0.1) is 11.3 Å². The van der Waals surface area contributed by atoms with Crippen LogP contribution in [0.1, 0.15) is 34.1 Å². The van der Waals surface area contributed by atoms with Gasteiger partial charge in [-0.25, -0.2) is 12.7 Å². The van der Waals surface area contributed by atoms with E-state index in [1.165, 1.54) is 4.31 Å². The second-order valence-electron chi connectivity index (χ2n) is 5.75. The molecule has 1 heterocycles. The van der Waals surface area contributed by atoms with Crippen molar-refractivity contribution in [3.63, 3.8) is 0 Å². The van der Waals surface area contributed by atoms with E-state index < -0.39 is 15.3 Å². The molecule has 0 amide bonds. The predicted molar refractivity (Wildman–Crippen MR) is 64.6 cm³/mol. The number of hydrogen-bond acceptors (Lipinski definition) is 3. The second-order valence-corrected chi connectivity index (χ2v) is 8.10. The summed E-state index contributed by atoms with van der Waals surface area (Å²) in [5.41, 5.74) is 0.146. The van der Waals surface area contributed by atoms with Gasteiger partial charge in [0.25, 0.3) is 0 Å². The molecule has 5 heteroatoms. The van der Waals surface area contributed by atoms with E-state index in [4.69, 9.17) is 5.11 Å². The lowest BCUT2D eigenvalue weighted by Crippen LogP contribution is -2.38. The predicted octanol–water partition coefficient (Wildman–Crippen LogP) is 1.06. The zero-order chi connectivity index (χ0) is 12.6. The summed E-state index contributed by atoms with van der Waals surface area (Å²) in [4.78, 5) is 0. The molecule has 1 saturated heterocycles. The first-order chi connectivity index (χ1) is 7.19. The molecule has 0 bridgehead atoms. The largest absolute Gasteiger partial charge is 0.395 e. The van der Waals surface area contributed by atoms with Crippen molar-refractivity contribution >= 4 is 10.0 Å².